The van der Waals surface area contributed by atoms with Crippen molar-refractivity contribution in [2.45, 2.75) is 27.2 Å². The average molecular weight is 192 g/mol. The van der Waals surface area contributed by atoms with Crippen molar-refractivity contribution >= 4 is 17.5 Å². The molecule has 1 N–H and O–H groups in total. The summed E-state index contributed by atoms with van der Waals surface area (Å²) in [5.41, 5.74) is 0. The van der Waals surface area contributed by atoms with E-state index in [0.29, 0.717) is 11.8 Å². The van der Waals surface area contributed by atoms with E-state index in [1.807, 2.05) is 6.92 Å². The summed E-state index contributed by atoms with van der Waals surface area (Å²) in [6.07, 6.45) is 1.09. The van der Waals surface area contributed by atoms with Crippen LogP contribution in [-0.2, 0) is 4.79 Å². The molecule has 0 aliphatic rings. The van der Waals surface area contributed by atoms with Gasteiger partial charge in [0.2, 0.25) is 5.91 Å². The number of halogens is 1. The minimum Gasteiger partial charge on any atom is -0.356 e. The zero-order chi connectivity index (χ0) is 9.56. The first-order valence-electron chi connectivity index (χ1n) is 4.45. The quantitative estimate of drug-likeness (QED) is 0.662. The van der Waals surface area contributed by atoms with Crippen LogP contribution < -0.4 is 5.32 Å². The van der Waals surface area contributed by atoms with Crippen molar-refractivity contribution < 1.29 is 4.79 Å². The summed E-state index contributed by atoms with van der Waals surface area (Å²) in [5, 5.41) is 2.86. The molecule has 72 valence electrons. The van der Waals surface area contributed by atoms with Crippen molar-refractivity contribution in [2.24, 2.45) is 11.8 Å². The van der Waals surface area contributed by atoms with E-state index in [-0.39, 0.29) is 11.8 Å². The van der Waals surface area contributed by atoms with Gasteiger partial charge < -0.3 is 5.32 Å². The van der Waals surface area contributed by atoms with Gasteiger partial charge in [0.25, 0.3) is 0 Å². The molecule has 0 aromatic heterocycles. The molecule has 0 spiro atoms. The minimum absolute atomic E-state index is 0.0605. The van der Waals surface area contributed by atoms with Crippen LogP contribution in [0.5, 0.6) is 0 Å². The smallest absolute Gasteiger partial charge is 0.224 e. The number of nitrogens with one attached hydrogen (secondary N) is 1. The molecular weight excluding hydrogens is 174 g/mol. The fraction of sp³-hybridized carbons (Fsp3) is 0.889. The van der Waals surface area contributed by atoms with Crippen molar-refractivity contribution in [2.75, 3.05) is 12.4 Å². The molecule has 1 amide bonds. The van der Waals surface area contributed by atoms with E-state index in [1.54, 1.807) is 0 Å². The lowest BCUT2D eigenvalue weighted by Gasteiger charge is -2.12. The second-order valence-electron chi connectivity index (χ2n) is 3.31. The Morgan fingerprint density at radius 1 is 1.50 bits per heavy atom. The molecule has 0 saturated heterocycles. The second kappa shape index (κ2) is 6.30. The number of hydrogen-bond acceptors (Lipinski definition) is 1. The zero-order valence-corrected chi connectivity index (χ0v) is 8.82. The normalized spacial score (nSPS) is 15.3. The van der Waals surface area contributed by atoms with Crippen molar-refractivity contribution in [3.05, 3.63) is 0 Å². The number of hydrogen-bond donors (Lipinski definition) is 1. The SMILES string of the molecule is CCC(C)CNC(=O)C(C)CCl. The zero-order valence-electron chi connectivity index (χ0n) is 8.06. The first-order chi connectivity index (χ1) is 5.61. The van der Waals surface area contributed by atoms with Crippen LogP contribution in [0.2, 0.25) is 0 Å². The summed E-state index contributed by atoms with van der Waals surface area (Å²) in [6.45, 7) is 6.82. The van der Waals surface area contributed by atoms with Crippen LogP contribution in [0.15, 0.2) is 0 Å². The van der Waals surface area contributed by atoms with Crippen LogP contribution >= 0.6 is 11.6 Å². The van der Waals surface area contributed by atoms with Gasteiger partial charge in [0.1, 0.15) is 0 Å². The molecule has 0 heterocycles. The molecule has 0 aromatic rings. The topological polar surface area (TPSA) is 29.1 Å². The monoisotopic (exact) mass is 191 g/mol. The Balaban J connectivity index is 3.56. The molecule has 0 fully saturated rings. The van der Waals surface area contributed by atoms with E-state index in [4.69, 9.17) is 11.6 Å². The van der Waals surface area contributed by atoms with Crippen LogP contribution in [0.3, 0.4) is 0 Å². The Bertz CT molecular complexity index is 138. The Morgan fingerprint density at radius 2 is 2.08 bits per heavy atom. The molecule has 12 heavy (non-hydrogen) atoms. The van der Waals surface area contributed by atoms with Crippen molar-refractivity contribution in [1.82, 2.24) is 5.32 Å². The predicted molar refractivity (Wildman–Crippen MR) is 52.3 cm³/mol. The molecular formula is C9H18ClNO. The molecule has 0 aliphatic heterocycles. The fourth-order valence-electron chi connectivity index (χ4n) is 0.663. The Hall–Kier alpha value is -0.240. The summed E-state index contributed by atoms with van der Waals surface area (Å²) in [5.74, 6) is 0.935. The first-order valence-corrected chi connectivity index (χ1v) is 4.98. The highest BCUT2D eigenvalue weighted by Gasteiger charge is 2.11. The van der Waals surface area contributed by atoms with Gasteiger partial charge in [-0.05, 0) is 5.92 Å². The summed E-state index contributed by atoms with van der Waals surface area (Å²) in [4.78, 5) is 11.2. The molecule has 2 nitrogen and oxygen atoms in total. The number of amides is 1. The standard InChI is InChI=1S/C9H18ClNO/c1-4-7(2)6-11-9(12)8(3)5-10/h7-8H,4-6H2,1-3H3,(H,11,12). The average Bonchev–Trinajstić information content (AvgIpc) is 2.11. The minimum atomic E-state index is -0.0734. The predicted octanol–water partition coefficient (Wildman–Crippen LogP) is 2.02. The van der Waals surface area contributed by atoms with Crippen LogP contribution in [0.25, 0.3) is 0 Å². The first kappa shape index (κ1) is 11.8. The van der Waals surface area contributed by atoms with Crippen LogP contribution in [0.1, 0.15) is 27.2 Å². The molecule has 3 heteroatoms. The van der Waals surface area contributed by atoms with Gasteiger partial charge in [0, 0.05) is 18.3 Å². The van der Waals surface area contributed by atoms with Crippen molar-refractivity contribution in [1.29, 1.82) is 0 Å². The van der Waals surface area contributed by atoms with Crippen molar-refractivity contribution in [3.8, 4) is 0 Å². The number of carbonyl (C=O) groups is 1. The van der Waals surface area contributed by atoms with Gasteiger partial charge in [0.15, 0.2) is 0 Å². The third-order valence-corrected chi connectivity index (χ3v) is 2.46. The van der Waals surface area contributed by atoms with E-state index in [9.17, 15) is 4.79 Å². The Morgan fingerprint density at radius 3 is 2.50 bits per heavy atom. The Kier molecular flexibility index (Phi) is 6.17. The van der Waals surface area contributed by atoms with Gasteiger partial charge in [-0.3, -0.25) is 4.79 Å². The number of carbonyl (C=O) groups excluding carboxylic acids is 1. The van der Waals surface area contributed by atoms with E-state index >= 15 is 0 Å². The van der Waals surface area contributed by atoms with Gasteiger partial charge in [-0.1, -0.05) is 27.2 Å². The molecule has 0 bridgehead atoms. The summed E-state index contributed by atoms with van der Waals surface area (Å²) >= 11 is 5.54. The van der Waals surface area contributed by atoms with Crippen LogP contribution in [0, 0.1) is 11.8 Å². The maximum atomic E-state index is 11.2. The van der Waals surface area contributed by atoms with E-state index in [0.717, 1.165) is 13.0 Å². The maximum Gasteiger partial charge on any atom is 0.224 e. The lowest BCUT2D eigenvalue weighted by atomic mass is 10.1. The van der Waals surface area contributed by atoms with Crippen LogP contribution in [-0.4, -0.2) is 18.3 Å². The van der Waals surface area contributed by atoms with E-state index in [2.05, 4.69) is 19.2 Å². The third-order valence-electron chi connectivity index (χ3n) is 2.00. The number of rotatable bonds is 5. The van der Waals surface area contributed by atoms with Gasteiger partial charge in [-0.2, -0.15) is 0 Å². The summed E-state index contributed by atoms with van der Waals surface area (Å²) in [7, 11) is 0. The van der Waals surface area contributed by atoms with E-state index in [1.165, 1.54) is 0 Å². The highest BCUT2D eigenvalue weighted by molar-refractivity contribution is 6.19. The van der Waals surface area contributed by atoms with E-state index < -0.39 is 0 Å². The molecule has 0 aliphatic carbocycles. The summed E-state index contributed by atoms with van der Waals surface area (Å²) < 4.78 is 0. The van der Waals surface area contributed by atoms with Gasteiger partial charge in [-0.15, -0.1) is 11.6 Å². The molecule has 2 unspecified atom stereocenters. The molecule has 2 atom stereocenters. The van der Waals surface area contributed by atoms with Gasteiger partial charge in [-0.25, -0.2) is 0 Å². The molecule has 0 aromatic carbocycles. The fourth-order valence-corrected chi connectivity index (χ4v) is 0.804. The lowest BCUT2D eigenvalue weighted by molar-refractivity contribution is -0.124. The summed E-state index contributed by atoms with van der Waals surface area (Å²) in [6, 6.07) is 0. The van der Waals surface area contributed by atoms with Crippen LogP contribution in [0.4, 0.5) is 0 Å². The van der Waals surface area contributed by atoms with Gasteiger partial charge in [0.05, 0.1) is 0 Å². The highest BCUT2D eigenvalue weighted by atomic mass is 35.5. The molecule has 0 radical (unpaired) electrons. The Labute approximate surface area is 79.7 Å². The molecule has 0 saturated carbocycles. The highest BCUT2D eigenvalue weighted by Crippen LogP contribution is 2.00. The van der Waals surface area contributed by atoms with Gasteiger partial charge >= 0.3 is 0 Å². The largest absolute Gasteiger partial charge is 0.356 e. The maximum absolute atomic E-state index is 11.2. The second-order valence-corrected chi connectivity index (χ2v) is 3.62. The number of alkyl halides is 1. The van der Waals surface area contributed by atoms with Crippen molar-refractivity contribution in [3.63, 3.8) is 0 Å². The lowest BCUT2D eigenvalue weighted by Crippen LogP contribution is -2.33. The third kappa shape index (κ3) is 4.60. The molecule has 0 rings (SSSR count).